The molecule has 0 rings (SSSR count). The van der Waals surface area contributed by atoms with Crippen molar-refractivity contribution in [3.63, 3.8) is 0 Å². The summed E-state index contributed by atoms with van der Waals surface area (Å²) in [6, 6.07) is 0. The van der Waals surface area contributed by atoms with E-state index >= 15 is 0 Å². The van der Waals surface area contributed by atoms with Crippen LogP contribution < -0.4 is 0 Å². The fourth-order valence-electron chi connectivity index (χ4n) is 2.55. The van der Waals surface area contributed by atoms with E-state index in [0.717, 1.165) is 25.5 Å². The summed E-state index contributed by atoms with van der Waals surface area (Å²) in [6.07, 6.45) is 17.9. The molecule has 0 atom stereocenters. The van der Waals surface area contributed by atoms with Gasteiger partial charge in [0.1, 0.15) is 6.26 Å². The Morgan fingerprint density at radius 1 is 0.800 bits per heavy atom. The largest absolute Gasteiger partial charge is 0.478 e. The average Bonchev–Trinajstić information content (AvgIpc) is 2.56. The van der Waals surface area contributed by atoms with Crippen LogP contribution in [0.3, 0.4) is 0 Å². The Labute approximate surface area is 164 Å². The number of esters is 1. The number of hydrogen-bond donors (Lipinski definition) is 1. The van der Waals surface area contributed by atoms with E-state index < -0.39 is 5.97 Å². The van der Waals surface area contributed by atoms with Gasteiger partial charge >= 0.3 is 11.9 Å². The van der Waals surface area contributed by atoms with E-state index in [0.29, 0.717) is 6.42 Å². The van der Waals surface area contributed by atoms with Gasteiger partial charge < -0.3 is 9.84 Å². The van der Waals surface area contributed by atoms with Gasteiger partial charge in [0.25, 0.3) is 0 Å². The minimum absolute atomic E-state index is 0. The summed E-state index contributed by atoms with van der Waals surface area (Å²) >= 11 is 0. The van der Waals surface area contributed by atoms with Crippen LogP contribution in [0.2, 0.25) is 0 Å². The Bertz CT molecular complexity index is 367. The van der Waals surface area contributed by atoms with Crippen LogP contribution in [-0.2, 0) is 31.4 Å². The number of unbranched alkanes of at least 4 members (excludes halogenated alkanes) is 12. The summed E-state index contributed by atoms with van der Waals surface area (Å²) in [5, 5.41) is 8.63. The van der Waals surface area contributed by atoms with Crippen molar-refractivity contribution < 1.29 is 36.5 Å². The average molecular weight is 404 g/mol. The van der Waals surface area contributed by atoms with Gasteiger partial charge in [-0.2, -0.15) is 0 Å². The van der Waals surface area contributed by atoms with Crippen molar-refractivity contribution in [3.05, 3.63) is 11.8 Å². The quantitative estimate of drug-likeness (QED) is 0.113. The molecule has 0 aromatic rings. The molecule has 0 bridgehead atoms. The molecule has 0 aromatic carbocycles. The molecule has 25 heavy (non-hydrogen) atoms. The van der Waals surface area contributed by atoms with Crippen molar-refractivity contribution in [1.29, 1.82) is 0 Å². The molecule has 0 aliphatic heterocycles. The van der Waals surface area contributed by atoms with E-state index in [1.807, 2.05) is 0 Å². The first-order valence-electron chi connectivity index (χ1n) is 9.67. The molecule has 0 saturated heterocycles. The molecule has 0 spiro atoms. The predicted octanol–water partition coefficient (Wildman–Crippen LogP) is 6.00. The third kappa shape index (κ3) is 19.4. The van der Waals surface area contributed by atoms with Crippen LogP contribution in [0.25, 0.3) is 0 Å². The molecule has 0 amide bonds. The smallest absolute Gasteiger partial charge is 0.334 e. The van der Waals surface area contributed by atoms with E-state index in [1.54, 1.807) is 0 Å². The molecular weight excluding hydrogens is 368 g/mol. The van der Waals surface area contributed by atoms with Gasteiger partial charge in [-0.1, -0.05) is 84.0 Å². The number of carbonyl (C=O) groups excluding carboxylic acids is 1. The topological polar surface area (TPSA) is 63.6 Å². The first-order valence-corrected chi connectivity index (χ1v) is 9.67. The fourth-order valence-corrected chi connectivity index (χ4v) is 2.55. The number of hydrogen-bond acceptors (Lipinski definition) is 3. The molecule has 5 heteroatoms. The Balaban J connectivity index is 0. The molecular formula is C20H36CuO4. The van der Waals surface area contributed by atoms with Crippen LogP contribution in [0, 0.1) is 0 Å². The summed E-state index contributed by atoms with van der Waals surface area (Å²) < 4.78 is 4.79. The Kier molecular flexibility index (Phi) is 20.6. The van der Waals surface area contributed by atoms with E-state index in [9.17, 15) is 9.59 Å². The standard InChI is InChI=1S/C20H36O4.Cu/c1-3-4-5-6-7-8-9-10-11-12-13-14-15-16-19(21)24-17-18(2)20(22)23;/h17H,3-16H2,1-2H3,(H,22,23);. The zero-order chi connectivity index (χ0) is 18.0. The van der Waals surface area contributed by atoms with Gasteiger partial charge in [0.2, 0.25) is 0 Å². The van der Waals surface area contributed by atoms with Gasteiger partial charge in [-0.05, 0) is 13.3 Å². The second kappa shape index (κ2) is 19.5. The minimum atomic E-state index is -1.07. The summed E-state index contributed by atoms with van der Waals surface area (Å²) in [5.41, 5.74) is 0.0358. The Hall–Kier alpha value is -0.801. The Morgan fingerprint density at radius 2 is 1.20 bits per heavy atom. The van der Waals surface area contributed by atoms with Gasteiger partial charge in [-0.15, -0.1) is 0 Å². The van der Waals surface area contributed by atoms with Gasteiger partial charge in [-0.3, -0.25) is 4.79 Å². The number of ether oxygens (including phenoxy) is 1. The molecule has 1 N–H and O–H groups in total. The first-order chi connectivity index (χ1) is 11.6. The van der Waals surface area contributed by atoms with Gasteiger partial charge in [0.05, 0.1) is 5.57 Å². The van der Waals surface area contributed by atoms with Crippen LogP contribution >= 0.6 is 0 Å². The summed E-state index contributed by atoms with van der Waals surface area (Å²) in [5.74, 6) is -1.41. The predicted molar refractivity (Wildman–Crippen MR) is 97.8 cm³/mol. The zero-order valence-corrected chi connectivity index (χ0v) is 16.9. The number of carboxylic acids is 1. The van der Waals surface area contributed by atoms with Gasteiger partial charge in [-0.25, -0.2) is 4.79 Å². The molecule has 1 radical (unpaired) electrons. The van der Waals surface area contributed by atoms with Gasteiger partial charge in [0.15, 0.2) is 0 Å². The third-order valence-electron chi connectivity index (χ3n) is 4.19. The molecule has 0 fully saturated rings. The van der Waals surface area contributed by atoms with Crippen LogP contribution in [0.15, 0.2) is 11.8 Å². The van der Waals surface area contributed by atoms with Crippen LogP contribution in [0.1, 0.15) is 104 Å². The number of carbonyl (C=O) groups is 2. The molecule has 0 saturated carbocycles. The van der Waals surface area contributed by atoms with Crippen LogP contribution in [0.5, 0.6) is 0 Å². The molecule has 0 aliphatic rings. The third-order valence-corrected chi connectivity index (χ3v) is 4.19. The maximum Gasteiger partial charge on any atom is 0.334 e. The minimum Gasteiger partial charge on any atom is -0.478 e. The van der Waals surface area contributed by atoms with Crippen LogP contribution in [-0.4, -0.2) is 17.0 Å². The fraction of sp³-hybridized carbons (Fsp3) is 0.800. The van der Waals surface area contributed by atoms with E-state index in [2.05, 4.69) is 6.92 Å². The van der Waals surface area contributed by atoms with Crippen molar-refractivity contribution in [1.82, 2.24) is 0 Å². The van der Waals surface area contributed by atoms with Crippen molar-refractivity contribution in [2.24, 2.45) is 0 Å². The number of aliphatic carboxylic acids is 1. The normalized spacial score (nSPS) is 11.0. The molecule has 0 unspecified atom stereocenters. The van der Waals surface area contributed by atoms with Crippen molar-refractivity contribution in [2.45, 2.75) is 104 Å². The maximum atomic E-state index is 11.4. The number of rotatable bonds is 16. The number of carboxylic acid groups (broad SMARTS) is 1. The SMILES string of the molecule is CCCCCCCCCCCCCCCC(=O)OC=C(C)C(=O)O.[Cu]. The molecule has 0 aromatic heterocycles. The second-order valence-corrected chi connectivity index (χ2v) is 6.59. The van der Waals surface area contributed by atoms with Crippen molar-refractivity contribution >= 4 is 11.9 Å². The van der Waals surface area contributed by atoms with E-state index in [1.165, 1.54) is 71.1 Å². The van der Waals surface area contributed by atoms with Crippen molar-refractivity contribution in [2.75, 3.05) is 0 Å². The summed E-state index contributed by atoms with van der Waals surface area (Å²) in [6.45, 7) is 3.65. The summed E-state index contributed by atoms with van der Waals surface area (Å²) in [7, 11) is 0. The van der Waals surface area contributed by atoms with Gasteiger partial charge in [0, 0.05) is 23.5 Å². The van der Waals surface area contributed by atoms with E-state index in [4.69, 9.17) is 9.84 Å². The molecule has 0 aliphatic carbocycles. The summed E-state index contributed by atoms with van der Waals surface area (Å²) in [4.78, 5) is 21.9. The Morgan fingerprint density at radius 3 is 1.60 bits per heavy atom. The maximum absolute atomic E-state index is 11.4. The van der Waals surface area contributed by atoms with E-state index in [-0.39, 0.29) is 28.6 Å². The van der Waals surface area contributed by atoms with Crippen LogP contribution in [0.4, 0.5) is 0 Å². The molecule has 4 nitrogen and oxygen atoms in total. The monoisotopic (exact) mass is 403 g/mol. The zero-order valence-electron chi connectivity index (χ0n) is 16.0. The second-order valence-electron chi connectivity index (χ2n) is 6.59. The molecule has 151 valence electrons. The molecule has 0 heterocycles. The van der Waals surface area contributed by atoms with Crippen molar-refractivity contribution in [3.8, 4) is 0 Å². The first kappa shape index (κ1) is 26.4.